The largest absolute Gasteiger partial charge is 0.508 e. The smallest absolute Gasteiger partial charge is 0.116 e. The number of rotatable bonds is 2. The van der Waals surface area contributed by atoms with Crippen LogP contribution in [0.2, 0.25) is 0 Å². The number of hydrogen-bond donors (Lipinski definition) is 2. The number of phenolic OH excluding ortho intramolecular Hbond substituents is 1. The van der Waals surface area contributed by atoms with Crippen LogP contribution in [0.1, 0.15) is 19.4 Å². The van der Waals surface area contributed by atoms with Gasteiger partial charge in [0.2, 0.25) is 0 Å². The van der Waals surface area contributed by atoms with Gasteiger partial charge in [-0.25, -0.2) is 0 Å². The second kappa shape index (κ2) is 4.46. The predicted octanol–water partition coefficient (Wildman–Crippen LogP) is 2.65. The third-order valence-electron chi connectivity index (χ3n) is 1.97. The zero-order chi connectivity index (χ0) is 10.6. The molecule has 2 N–H and O–H groups in total. The molecule has 1 aromatic carbocycles. The summed E-state index contributed by atoms with van der Waals surface area (Å²) >= 11 is 0. The van der Waals surface area contributed by atoms with E-state index in [0.29, 0.717) is 5.71 Å². The molecule has 14 heavy (non-hydrogen) atoms. The van der Waals surface area contributed by atoms with E-state index in [1.165, 1.54) is 0 Å². The van der Waals surface area contributed by atoms with E-state index < -0.39 is 0 Å². The van der Waals surface area contributed by atoms with Crippen LogP contribution in [0.5, 0.6) is 5.75 Å². The molecule has 0 aliphatic rings. The van der Waals surface area contributed by atoms with Gasteiger partial charge < -0.3 is 10.3 Å². The Balaban J connectivity index is 2.97. The van der Waals surface area contributed by atoms with E-state index in [1.54, 1.807) is 25.1 Å². The predicted molar refractivity (Wildman–Crippen MR) is 56.7 cm³/mol. The van der Waals surface area contributed by atoms with Gasteiger partial charge in [-0.05, 0) is 43.2 Å². The lowest BCUT2D eigenvalue weighted by Crippen LogP contribution is -1.92. The molecule has 0 atom stereocenters. The van der Waals surface area contributed by atoms with Gasteiger partial charge in [0.15, 0.2) is 0 Å². The summed E-state index contributed by atoms with van der Waals surface area (Å²) < 4.78 is 0. The number of aromatic hydroxyl groups is 1. The van der Waals surface area contributed by atoms with Crippen molar-refractivity contribution in [3.05, 3.63) is 35.4 Å². The molecule has 0 unspecified atom stereocenters. The van der Waals surface area contributed by atoms with Crippen LogP contribution < -0.4 is 0 Å². The van der Waals surface area contributed by atoms with Gasteiger partial charge in [0.1, 0.15) is 5.75 Å². The van der Waals surface area contributed by atoms with E-state index in [-0.39, 0.29) is 5.75 Å². The molecule has 3 nitrogen and oxygen atoms in total. The Morgan fingerprint density at radius 2 is 2.07 bits per heavy atom. The summed E-state index contributed by atoms with van der Waals surface area (Å²) in [5, 5.41) is 20.8. The van der Waals surface area contributed by atoms with Crippen LogP contribution in [0.3, 0.4) is 0 Å². The highest BCUT2D eigenvalue weighted by Crippen LogP contribution is 2.14. The van der Waals surface area contributed by atoms with Crippen molar-refractivity contribution in [3.63, 3.8) is 0 Å². The Morgan fingerprint density at radius 1 is 1.36 bits per heavy atom. The van der Waals surface area contributed by atoms with Crippen molar-refractivity contribution in [2.45, 2.75) is 13.8 Å². The maximum absolute atomic E-state index is 9.21. The van der Waals surface area contributed by atoms with Crippen LogP contribution >= 0.6 is 0 Å². The van der Waals surface area contributed by atoms with Crippen LogP contribution in [0, 0.1) is 0 Å². The van der Waals surface area contributed by atoms with E-state index in [2.05, 4.69) is 5.16 Å². The average molecular weight is 191 g/mol. The standard InChI is InChI=1S/C11H13NO2/c1-8(9(2)12-14)6-10-4-3-5-11(13)7-10/h3-7,13-14H,1-2H3/b8-6-,12-9+. The van der Waals surface area contributed by atoms with Crippen LogP contribution in [0.4, 0.5) is 0 Å². The van der Waals surface area contributed by atoms with E-state index >= 15 is 0 Å². The van der Waals surface area contributed by atoms with Gasteiger partial charge in [-0.1, -0.05) is 17.3 Å². The minimum atomic E-state index is 0.227. The third kappa shape index (κ3) is 2.62. The topological polar surface area (TPSA) is 52.8 Å². The fourth-order valence-electron chi connectivity index (χ4n) is 1.05. The van der Waals surface area contributed by atoms with Crippen molar-refractivity contribution in [3.8, 4) is 5.75 Å². The molecule has 0 aliphatic heterocycles. The Hall–Kier alpha value is -1.77. The molecular formula is C11H13NO2. The highest BCUT2D eigenvalue weighted by molar-refractivity contribution is 6.01. The lowest BCUT2D eigenvalue weighted by molar-refractivity contribution is 0.319. The number of benzene rings is 1. The number of nitrogens with zero attached hydrogens (tertiary/aromatic N) is 1. The van der Waals surface area contributed by atoms with Gasteiger partial charge >= 0.3 is 0 Å². The van der Waals surface area contributed by atoms with Crippen LogP contribution in [0.15, 0.2) is 35.0 Å². The normalized spacial score (nSPS) is 13.0. The molecular weight excluding hydrogens is 178 g/mol. The Bertz CT molecular complexity index is 381. The number of allylic oxidation sites excluding steroid dienone is 1. The Labute approximate surface area is 83.0 Å². The zero-order valence-corrected chi connectivity index (χ0v) is 8.23. The summed E-state index contributed by atoms with van der Waals surface area (Å²) in [6, 6.07) is 6.89. The lowest BCUT2D eigenvalue weighted by atomic mass is 10.1. The van der Waals surface area contributed by atoms with Crippen LogP contribution in [-0.2, 0) is 0 Å². The molecule has 1 rings (SSSR count). The summed E-state index contributed by atoms with van der Waals surface area (Å²) in [6.07, 6.45) is 1.84. The number of oxime groups is 1. The first-order valence-corrected chi connectivity index (χ1v) is 4.30. The van der Waals surface area contributed by atoms with Crippen molar-refractivity contribution >= 4 is 11.8 Å². The first-order chi connectivity index (χ1) is 6.63. The molecule has 0 heterocycles. The fraction of sp³-hybridized carbons (Fsp3) is 0.182. The average Bonchev–Trinajstić information content (AvgIpc) is 2.16. The van der Waals surface area contributed by atoms with Gasteiger partial charge in [-0.15, -0.1) is 0 Å². The van der Waals surface area contributed by atoms with Gasteiger partial charge in [-0.2, -0.15) is 0 Å². The number of phenols is 1. The minimum Gasteiger partial charge on any atom is -0.508 e. The summed E-state index contributed by atoms with van der Waals surface area (Å²) in [5.74, 6) is 0.227. The van der Waals surface area contributed by atoms with E-state index in [1.807, 2.05) is 19.1 Å². The van der Waals surface area contributed by atoms with Crippen molar-refractivity contribution in [1.29, 1.82) is 0 Å². The molecule has 3 heteroatoms. The summed E-state index contributed by atoms with van der Waals surface area (Å²) in [7, 11) is 0. The quantitative estimate of drug-likeness (QED) is 0.429. The Morgan fingerprint density at radius 3 is 2.64 bits per heavy atom. The van der Waals surface area contributed by atoms with Crippen molar-refractivity contribution < 1.29 is 10.3 Å². The maximum atomic E-state index is 9.21. The maximum Gasteiger partial charge on any atom is 0.116 e. The SMILES string of the molecule is CC(=C/c1cccc(O)c1)/C(C)=N/O. The fourth-order valence-corrected chi connectivity index (χ4v) is 1.05. The summed E-state index contributed by atoms with van der Waals surface area (Å²) in [4.78, 5) is 0. The first kappa shape index (κ1) is 10.3. The highest BCUT2D eigenvalue weighted by atomic mass is 16.4. The van der Waals surface area contributed by atoms with Crippen molar-refractivity contribution in [2.75, 3.05) is 0 Å². The second-order valence-corrected chi connectivity index (χ2v) is 3.11. The molecule has 74 valence electrons. The van der Waals surface area contributed by atoms with E-state index in [4.69, 9.17) is 5.21 Å². The summed E-state index contributed by atoms with van der Waals surface area (Å²) in [5.41, 5.74) is 2.30. The Kier molecular flexibility index (Phi) is 3.29. The molecule has 0 spiro atoms. The summed E-state index contributed by atoms with van der Waals surface area (Å²) in [6.45, 7) is 3.56. The molecule has 1 aromatic rings. The molecule has 0 bridgehead atoms. The van der Waals surface area contributed by atoms with Gasteiger partial charge in [-0.3, -0.25) is 0 Å². The molecule has 0 saturated carbocycles. The van der Waals surface area contributed by atoms with Gasteiger partial charge in [0.25, 0.3) is 0 Å². The zero-order valence-electron chi connectivity index (χ0n) is 8.23. The van der Waals surface area contributed by atoms with E-state index in [0.717, 1.165) is 11.1 Å². The molecule has 0 fully saturated rings. The highest BCUT2D eigenvalue weighted by Gasteiger charge is 1.96. The monoisotopic (exact) mass is 191 g/mol. The molecule has 0 radical (unpaired) electrons. The van der Waals surface area contributed by atoms with E-state index in [9.17, 15) is 5.11 Å². The van der Waals surface area contributed by atoms with Crippen molar-refractivity contribution in [2.24, 2.45) is 5.16 Å². The van der Waals surface area contributed by atoms with Crippen LogP contribution in [-0.4, -0.2) is 16.0 Å². The first-order valence-electron chi connectivity index (χ1n) is 4.30. The van der Waals surface area contributed by atoms with Gasteiger partial charge in [0, 0.05) is 0 Å². The minimum absolute atomic E-state index is 0.227. The third-order valence-corrected chi connectivity index (χ3v) is 1.97. The molecule has 0 amide bonds. The molecule has 0 aliphatic carbocycles. The molecule has 0 saturated heterocycles. The number of hydrogen-bond acceptors (Lipinski definition) is 3. The molecule has 0 aromatic heterocycles. The van der Waals surface area contributed by atoms with Gasteiger partial charge in [0.05, 0.1) is 5.71 Å². The lowest BCUT2D eigenvalue weighted by Gasteiger charge is -1.99. The second-order valence-electron chi connectivity index (χ2n) is 3.11. The van der Waals surface area contributed by atoms with Crippen LogP contribution in [0.25, 0.3) is 6.08 Å². The van der Waals surface area contributed by atoms with Crippen molar-refractivity contribution in [1.82, 2.24) is 0 Å².